The highest BCUT2D eigenvalue weighted by Crippen LogP contribution is 2.39. The number of nitrogens with zero attached hydrogens (tertiary/aromatic N) is 16. The number of fused-ring (bicyclic) bond motifs is 20. The molecule has 426 valence electrons. The van der Waals surface area contributed by atoms with Gasteiger partial charge in [-0.1, -0.05) is 48.5 Å². The summed E-state index contributed by atoms with van der Waals surface area (Å²) in [5.74, 6) is 5.09. The third kappa shape index (κ3) is 14.1. The zero-order chi connectivity index (χ0) is 54.3. The quantitative estimate of drug-likeness (QED) is 0.0829. The molecule has 0 unspecified atom stereocenters. The highest BCUT2D eigenvalue weighted by atomic mass is 35.5. The monoisotopic (exact) mass is 1230 g/mol. The summed E-state index contributed by atoms with van der Waals surface area (Å²) in [6, 6.07) is 25.9. The van der Waals surface area contributed by atoms with Crippen molar-refractivity contribution in [2.45, 2.75) is 23.0 Å². The van der Waals surface area contributed by atoms with Crippen LogP contribution < -0.4 is 59.6 Å². The highest BCUT2D eigenvalue weighted by Gasteiger charge is 2.22. The van der Waals surface area contributed by atoms with Crippen molar-refractivity contribution in [3.63, 3.8) is 0 Å². The lowest BCUT2D eigenvalue weighted by atomic mass is 10.1. The summed E-state index contributed by atoms with van der Waals surface area (Å²) in [7, 11) is 33.2. The van der Waals surface area contributed by atoms with Crippen molar-refractivity contribution in [2.75, 3.05) is 113 Å². The Morgan fingerprint density at radius 2 is 0.588 bits per heavy atom. The average molecular weight is 1240 g/mol. The molecule has 0 radical (unpaired) electrons. The molecule has 0 saturated carbocycles. The fourth-order valence-corrected chi connectivity index (χ4v) is 13.4. The summed E-state index contributed by atoms with van der Waals surface area (Å²) in [6.07, 6.45) is 0. The fourth-order valence-electron chi connectivity index (χ4n) is 9.44. The molecule has 7 aromatic rings. The van der Waals surface area contributed by atoms with Crippen molar-refractivity contribution in [1.82, 2.24) is 59.5 Å². The zero-order valence-electron chi connectivity index (χ0n) is 48.1. The number of benzene rings is 4. The van der Waals surface area contributed by atoms with Gasteiger partial charge in [0.25, 0.3) is 0 Å². The van der Waals surface area contributed by atoms with Gasteiger partial charge < -0.3 is 79.5 Å². The first-order chi connectivity index (χ1) is 36.2. The number of halogens is 4. The van der Waals surface area contributed by atoms with Crippen LogP contribution in [-0.4, -0.2) is 201 Å². The molecule has 2 aliphatic rings. The van der Waals surface area contributed by atoms with Gasteiger partial charge in [0.1, 0.15) is 0 Å². The maximum absolute atomic E-state index is 5.37. The minimum absolute atomic E-state index is 0. The van der Waals surface area contributed by atoms with Crippen LogP contribution >= 0.6 is 47.0 Å². The summed E-state index contributed by atoms with van der Waals surface area (Å²) < 4.78 is 8.57. The second-order valence-corrected chi connectivity index (χ2v) is 24.2. The maximum Gasteiger partial charge on any atom is 0.307 e. The molecule has 80 heavy (non-hydrogen) atoms. The van der Waals surface area contributed by atoms with E-state index < -0.39 is 0 Å². The SMILES string of the molecule is CN(C)C(SCc1ccc2c(c1)-c1nc-2nc2[n-]c(nc3nc(nc4[n-]c(n1)c1ccc(CSC(N(C)C)=[N+](C)C)cc41)-c1ccc(CSC(N(C)C)=[N+](C)C)cc1-3)c1ccc(CSC(N(C)C)=[N+](C)C)cc21)=[N+](C)C.[Cl-].[Cl-].[Cl-].[Cl-]. The van der Waals surface area contributed by atoms with Crippen molar-refractivity contribution in [3.05, 3.63) is 95.1 Å². The van der Waals surface area contributed by atoms with E-state index in [4.69, 9.17) is 39.9 Å². The molecule has 3 aromatic heterocycles. The van der Waals surface area contributed by atoms with Gasteiger partial charge in [-0.2, -0.15) is 0 Å². The molecule has 0 atom stereocenters. The van der Waals surface area contributed by atoms with Crippen molar-refractivity contribution >= 4 is 112 Å². The lowest BCUT2D eigenvalue weighted by Gasteiger charge is -2.11. The van der Waals surface area contributed by atoms with Crippen molar-refractivity contribution < 1.29 is 67.9 Å². The van der Waals surface area contributed by atoms with E-state index in [0.717, 1.165) is 110 Å². The predicted molar refractivity (Wildman–Crippen MR) is 322 cm³/mol. The Morgan fingerprint density at radius 1 is 0.338 bits per heavy atom. The van der Waals surface area contributed by atoms with Crippen LogP contribution in [0.3, 0.4) is 0 Å². The molecular weight excluding hydrogens is 1170 g/mol. The normalized spacial score (nSPS) is 11.0. The van der Waals surface area contributed by atoms with Crippen molar-refractivity contribution in [3.8, 4) is 45.6 Å². The van der Waals surface area contributed by atoms with Gasteiger partial charge in [0, 0.05) is 67.9 Å². The van der Waals surface area contributed by atoms with Crippen LogP contribution in [0, 0.1) is 0 Å². The van der Waals surface area contributed by atoms with E-state index in [1.807, 2.05) is 0 Å². The Labute approximate surface area is 511 Å². The number of rotatable bonds is 8. The molecule has 0 saturated heterocycles. The summed E-state index contributed by atoms with van der Waals surface area (Å²) in [5, 5.41) is 8.11. The molecule has 9 rings (SSSR count). The van der Waals surface area contributed by atoms with Gasteiger partial charge in [-0.05, 0) is 115 Å². The fraction of sp³-hybridized carbons (Fsp3) is 0.357. The first-order valence-corrected chi connectivity index (χ1v) is 28.8. The Morgan fingerprint density at radius 3 is 0.863 bits per heavy atom. The highest BCUT2D eigenvalue weighted by molar-refractivity contribution is 8.13. The van der Waals surface area contributed by atoms with E-state index in [2.05, 4.69) is 223 Å². The number of amidine groups is 4. The summed E-state index contributed by atoms with van der Waals surface area (Å²) in [4.78, 5) is 51.1. The smallest absolute Gasteiger partial charge is 0.307 e. The lowest BCUT2D eigenvalue weighted by molar-refractivity contribution is -0.466. The van der Waals surface area contributed by atoms with Crippen LogP contribution in [0.15, 0.2) is 72.8 Å². The van der Waals surface area contributed by atoms with E-state index >= 15 is 0 Å². The third-order valence-electron chi connectivity index (χ3n) is 12.5. The molecule has 24 heteroatoms. The van der Waals surface area contributed by atoms with E-state index in [1.165, 1.54) is 0 Å². The Kier molecular flexibility index (Phi) is 22.6. The first kappa shape index (κ1) is 65.5. The molecule has 5 heterocycles. The molecule has 0 spiro atoms. The number of hydrogen-bond donors (Lipinski definition) is 0. The van der Waals surface area contributed by atoms with Gasteiger partial charge >= 0.3 is 20.7 Å². The summed E-state index contributed by atoms with van der Waals surface area (Å²) in [5.41, 5.74) is 10.2. The Hall–Kier alpha value is -5.32. The third-order valence-corrected chi connectivity index (χ3v) is 18.4. The van der Waals surface area contributed by atoms with E-state index in [0.29, 0.717) is 45.9 Å². The molecule has 0 amide bonds. The molecule has 0 aliphatic carbocycles. The standard InChI is InChI=1S/C56H68N16S4.4ClH/c1-65(2)53(66(3)4)73-29-33-17-21-37-41(25-33)49-57-45(37)62-50-43-27-35(31-75-55(69(9)10)70(11)12)19-23-39(43)47(59-50)64-52-44-28-36(32-76-56(71(13)14)72(15)16)20-24-40(44)48(60-52)63-51-42-26-34(18-22-38(42)46(58-51)61-49)30-74-54(67(5)6)68(7)8;;;;/h17-28H,29-32H2,1-16H3;4*1H/q+2;;;;/p-4. The molecule has 0 fully saturated rings. The molecular formula is C56H68Cl4N16S4-2. The van der Waals surface area contributed by atoms with Gasteiger partial charge in [-0.3, -0.25) is 37.9 Å². The van der Waals surface area contributed by atoms with Gasteiger partial charge in [0.15, 0.2) is 0 Å². The van der Waals surface area contributed by atoms with Crippen LogP contribution in [-0.2, 0) is 23.0 Å². The van der Waals surface area contributed by atoms with Gasteiger partial charge in [0.05, 0.1) is 136 Å². The number of hydrogen-bond acceptors (Lipinski definition) is 10. The number of thioether (sulfide) groups is 4. The van der Waals surface area contributed by atoms with E-state index in [9.17, 15) is 0 Å². The first-order valence-electron chi connectivity index (χ1n) is 24.9. The molecule has 0 N–H and O–H groups in total. The largest absolute Gasteiger partial charge is 1.00 e. The molecule has 16 nitrogen and oxygen atoms in total. The Bertz CT molecular complexity index is 3500. The summed E-state index contributed by atoms with van der Waals surface area (Å²) in [6.45, 7) is 0. The maximum atomic E-state index is 5.37. The van der Waals surface area contributed by atoms with Gasteiger partial charge in [-0.15, -0.1) is 0 Å². The molecule has 2 aliphatic heterocycles. The van der Waals surface area contributed by atoms with Gasteiger partial charge in [0.2, 0.25) is 0 Å². The summed E-state index contributed by atoms with van der Waals surface area (Å²) >= 11 is 7.13. The van der Waals surface area contributed by atoms with Crippen LogP contribution in [0.5, 0.6) is 0 Å². The lowest BCUT2D eigenvalue weighted by Crippen LogP contribution is -3.00. The van der Waals surface area contributed by atoms with Crippen molar-refractivity contribution in [2.24, 2.45) is 0 Å². The topological polar surface area (TPSA) is 131 Å². The molecule has 4 aromatic carbocycles. The molecule has 8 bridgehead atoms. The van der Waals surface area contributed by atoms with Crippen LogP contribution in [0.1, 0.15) is 22.3 Å². The number of aromatic nitrogens is 8. The second kappa shape index (κ2) is 27.6. The van der Waals surface area contributed by atoms with Crippen LogP contribution in [0.25, 0.3) is 89.7 Å². The van der Waals surface area contributed by atoms with Crippen LogP contribution in [0.4, 0.5) is 0 Å². The van der Waals surface area contributed by atoms with E-state index in [-0.39, 0.29) is 49.6 Å². The minimum Gasteiger partial charge on any atom is -1.00 e. The predicted octanol–water partition coefficient (Wildman–Crippen LogP) is -4.17. The average Bonchev–Trinajstić information content (AvgIpc) is 4.08. The van der Waals surface area contributed by atoms with E-state index in [1.54, 1.807) is 47.0 Å². The van der Waals surface area contributed by atoms with Gasteiger partial charge in [-0.25, -0.2) is 9.97 Å². The zero-order valence-corrected chi connectivity index (χ0v) is 54.3. The second-order valence-electron chi connectivity index (χ2n) is 20.4. The van der Waals surface area contributed by atoms with Crippen molar-refractivity contribution in [1.29, 1.82) is 0 Å². The Balaban J connectivity index is 0.00000294. The minimum atomic E-state index is 0. The van der Waals surface area contributed by atoms with Crippen LogP contribution in [0.2, 0.25) is 0 Å².